The van der Waals surface area contributed by atoms with Gasteiger partial charge in [-0.15, -0.1) is 0 Å². The molecule has 3 heterocycles. The van der Waals surface area contributed by atoms with Crippen molar-refractivity contribution in [3.8, 4) is 11.1 Å². The highest BCUT2D eigenvalue weighted by Gasteiger charge is 2.32. The van der Waals surface area contributed by atoms with E-state index in [9.17, 15) is 9.18 Å². The van der Waals surface area contributed by atoms with Gasteiger partial charge in [0.25, 0.3) is 5.91 Å². The quantitative estimate of drug-likeness (QED) is 0.761. The maximum atomic E-state index is 15.0. The number of carbonyl (C=O) groups is 1. The van der Waals surface area contributed by atoms with Crippen molar-refractivity contribution in [2.75, 3.05) is 26.2 Å². The molecule has 2 atom stereocenters. The molecule has 29 heavy (non-hydrogen) atoms. The number of nitrogens with zero attached hydrogens (tertiary/aromatic N) is 3. The lowest BCUT2D eigenvalue weighted by Crippen LogP contribution is -2.42. The summed E-state index contributed by atoms with van der Waals surface area (Å²) in [7, 11) is 0. The summed E-state index contributed by atoms with van der Waals surface area (Å²) in [4.78, 5) is 21.6. The molecule has 4 nitrogen and oxygen atoms in total. The number of likely N-dealkylation sites (tertiary alicyclic amines) is 2. The Morgan fingerprint density at radius 1 is 1.03 bits per heavy atom. The third-order valence-electron chi connectivity index (χ3n) is 6.36. The second-order valence-corrected chi connectivity index (χ2v) is 8.37. The van der Waals surface area contributed by atoms with Crippen LogP contribution in [0, 0.1) is 5.82 Å². The zero-order valence-electron chi connectivity index (χ0n) is 16.6. The van der Waals surface area contributed by atoms with Gasteiger partial charge in [-0.3, -0.25) is 9.79 Å². The summed E-state index contributed by atoms with van der Waals surface area (Å²) < 4.78 is 15.0. The average molecular weight is 391 g/mol. The van der Waals surface area contributed by atoms with Gasteiger partial charge in [0.15, 0.2) is 0 Å². The molecule has 5 rings (SSSR count). The van der Waals surface area contributed by atoms with Crippen LogP contribution in [-0.2, 0) is 0 Å². The number of carbonyl (C=O) groups excluding carboxylic acids is 1. The van der Waals surface area contributed by atoms with Crippen LogP contribution in [0.4, 0.5) is 4.39 Å². The fourth-order valence-corrected chi connectivity index (χ4v) is 4.70. The Hall–Kier alpha value is -2.53. The Morgan fingerprint density at radius 3 is 2.59 bits per heavy atom. The molecule has 0 aliphatic carbocycles. The smallest absolute Gasteiger partial charge is 0.257 e. The third-order valence-corrected chi connectivity index (χ3v) is 6.36. The molecule has 3 aliphatic rings. The Kier molecular flexibility index (Phi) is 4.92. The van der Waals surface area contributed by atoms with Gasteiger partial charge in [-0.1, -0.05) is 24.3 Å². The largest absolute Gasteiger partial charge is 0.334 e. The predicted octanol–water partition coefficient (Wildman–Crippen LogP) is 4.32. The van der Waals surface area contributed by atoms with Crippen LogP contribution in [0.3, 0.4) is 0 Å². The van der Waals surface area contributed by atoms with Gasteiger partial charge >= 0.3 is 0 Å². The molecule has 0 aromatic heterocycles. The zero-order valence-corrected chi connectivity index (χ0v) is 16.6. The maximum Gasteiger partial charge on any atom is 0.257 e. The number of hydrogen-bond donors (Lipinski definition) is 0. The minimum Gasteiger partial charge on any atom is -0.334 e. The lowest BCUT2D eigenvalue weighted by molar-refractivity contribution is 0.0704. The van der Waals surface area contributed by atoms with E-state index < -0.39 is 5.82 Å². The zero-order chi connectivity index (χ0) is 19.8. The van der Waals surface area contributed by atoms with Crippen LogP contribution in [0.15, 0.2) is 47.5 Å². The molecule has 2 aromatic rings. The molecule has 2 aromatic carbocycles. The summed E-state index contributed by atoms with van der Waals surface area (Å²) in [5, 5.41) is 0. The van der Waals surface area contributed by atoms with Crippen molar-refractivity contribution < 1.29 is 9.18 Å². The number of halogens is 1. The Balaban J connectivity index is 1.34. The van der Waals surface area contributed by atoms with E-state index in [0.29, 0.717) is 0 Å². The SMILES string of the molecule is O=C(c1ccc(-c2cccc(C3C=N3)c2)cc1F)N1CCCC1CN1CCCC1. The number of hydrogen-bond acceptors (Lipinski definition) is 3. The molecule has 0 bridgehead atoms. The van der Waals surface area contributed by atoms with E-state index in [0.717, 1.165) is 55.7 Å². The van der Waals surface area contributed by atoms with Gasteiger partial charge in [0.2, 0.25) is 0 Å². The second kappa shape index (κ2) is 7.71. The molecule has 5 heteroatoms. The van der Waals surface area contributed by atoms with E-state index >= 15 is 0 Å². The van der Waals surface area contributed by atoms with E-state index in [-0.39, 0.29) is 23.6 Å². The van der Waals surface area contributed by atoms with E-state index in [4.69, 9.17) is 0 Å². The van der Waals surface area contributed by atoms with Gasteiger partial charge in [0.05, 0.1) is 5.56 Å². The van der Waals surface area contributed by atoms with Gasteiger partial charge in [0, 0.05) is 25.3 Å². The fourth-order valence-electron chi connectivity index (χ4n) is 4.70. The predicted molar refractivity (Wildman–Crippen MR) is 113 cm³/mol. The maximum absolute atomic E-state index is 15.0. The summed E-state index contributed by atoms with van der Waals surface area (Å²) in [6.07, 6.45) is 6.39. The third kappa shape index (κ3) is 3.84. The lowest BCUT2D eigenvalue weighted by Gasteiger charge is -2.28. The first-order chi connectivity index (χ1) is 14.2. The molecule has 1 amide bonds. The average Bonchev–Trinajstić information content (AvgIpc) is 3.28. The minimum absolute atomic E-state index is 0.170. The summed E-state index contributed by atoms with van der Waals surface area (Å²) in [5.41, 5.74) is 3.04. The number of amides is 1. The minimum atomic E-state index is -0.438. The Bertz CT molecular complexity index is 945. The summed E-state index contributed by atoms with van der Waals surface area (Å²) >= 11 is 0. The van der Waals surface area contributed by atoms with Gasteiger partial charge in [-0.2, -0.15) is 0 Å². The van der Waals surface area contributed by atoms with Crippen molar-refractivity contribution >= 4 is 12.1 Å². The van der Waals surface area contributed by atoms with Crippen LogP contribution in [0.25, 0.3) is 11.1 Å². The van der Waals surface area contributed by atoms with Crippen LogP contribution in [0.1, 0.15) is 47.6 Å². The Morgan fingerprint density at radius 2 is 1.83 bits per heavy atom. The first-order valence-electron chi connectivity index (χ1n) is 10.7. The molecule has 0 N–H and O–H groups in total. The highest BCUT2D eigenvalue weighted by atomic mass is 19.1. The topological polar surface area (TPSA) is 35.9 Å². The van der Waals surface area contributed by atoms with Crippen LogP contribution < -0.4 is 0 Å². The van der Waals surface area contributed by atoms with Gasteiger partial charge in [-0.25, -0.2) is 4.39 Å². The molecule has 150 valence electrons. The van der Waals surface area contributed by atoms with Crippen molar-refractivity contribution in [1.82, 2.24) is 9.80 Å². The van der Waals surface area contributed by atoms with Crippen LogP contribution in [-0.4, -0.2) is 54.1 Å². The van der Waals surface area contributed by atoms with Gasteiger partial charge in [-0.05, 0) is 73.7 Å². The molecule has 0 spiro atoms. The highest BCUT2D eigenvalue weighted by molar-refractivity contribution is 5.95. The van der Waals surface area contributed by atoms with E-state index in [1.807, 2.05) is 41.4 Å². The number of benzene rings is 2. The lowest BCUT2D eigenvalue weighted by atomic mass is 9.99. The van der Waals surface area contributed by atoms with E-state index in [1.54, 1.807) is 6.07 Å². The van der Waals surface area contributed by atoms with E-state index in [1.165, 1.54) is 18.9 Å². The molecular formula is C24H26FN3O. The van der Waals surface area contributed by atoms with Crippen LogP contribution >= 0.6 is 0 Å². The molecule has 2 unspecified atom stereocenters. The standard InChI is InChI=1S/C24H26FN3O/c25-22-14-18(17-5-3-6-19(13-17)23-15-26-23)8-9-21(22)24(29)28-12-4-7-20(28)16-27-10-1-2-11-27/h3,5-6,8-9,13-15,20,23H,1-2,4,7,10-12,16H2. The fraction of sp³-hybridized carbons (Fsp3) is 0.417. The monoisotopic (exact) mass is 391 g/mol. The first-order valence-corrected chi connectivity index (χ1v) is 10.7. The Labute approximate surface area is 171 Å². The number of aliphatic imine (C=N–C) groups is 1. The first kappa shape index (κ1) is 18.5. The second-order valence-electron chi connectivity index (χ2n) is 8.37. The molecule has 3 aliphatic heterocycles. The molecular weight excluding hydrogens is 365 g/mol. The summed E-state index contributed by atoms with van der Waals surface area (Å²) in [6, 6.07) is 13.4. The molecule has 0 radical (unpaired) electrons. The summed E-state index contributed by atoms with van der Waals surface area (Å²) in [6.45, 7) is 3.88. The highest BCUT2D eigenvalue weighted by Crippen LogP contribution is 2.30. The van der Waals surface area contributed by atoms with Crippen molar-refractivity contribution in [3.05, 3.63) is 59.4 Å². The van der Waals surface area contributed by atoms with E-state index in [2.05, 4.69) is 9.89 Å². The molecule has 2 saturated heterocycles. The normalized spacial score (nSPS) is 23.7. The number of rotatable bonds is 5. The van der Waals surface area contributed by atoms with Crippen molar-refractivity contribution in [2.24, 2.45) is 4.99 Å². The molecule has 2 fully saturated rings. The van der Waals surface area contributed by atoms with Crippen LogP contribution in [0.5, 0.6) is 0 Å². The van der Waals surface area contributed by atoms with Gasteiger partial charge < -0.3 is 9.80 Å². The van der Waals surface area contributed by atoms with Gasteiger partial charge in [0.1, 0.15) is 11.9 Å². The van der Waals surface area contributed by atoms with Crippen LogP contribution in [0.2, 0.25) is 0 Å². The summed E-state index contributed by atoms with van der Waals surface area (Å²) in [5.74, 6) is -0.608. The van der Waals surface area contributed by atoms with Crippen molar-refractivity contribution in [1.29, 1.82) is 0 Å². The van der Waals surface area contributed by atoms with Crippen molar-refractivity contribution in [3.63, 3.8) is 0 Å². The van der Waals surface area contributed by atoms with Crippen molar-refractivity contribution in [2.45, 2.75) is 37.8 Å². The molecule has 0 saturated carbocycles.